The minimum Gasteiger partial charge on any atom is -0.756 e. The second-order valence-corrected chi connectivity index (χ2v) is 16.4. The molecule has 9 heteroatoms. The monoisotopic (exact) mass is 742 g/mol. The van der Waals surface area contributed by atoms with Gasteiger partial charge in [-0.25, -0.2) is 0 Å². The van der Waals surface area contributed by atoms with E-state index in [0.717, 1.165) is 57.8 Å². The number of phosphoric ester groups is 1. The van der Waals surface area contributed by atoms with Gasteiger partial charge >= 0.3 is 5.97 Å². The first-order chi connectivity index (χ1) is 24.6. The zero-order chi connectivity index (χ0) is 37.7. The maximum absolute atomic E-state index is 12.6. The minimum atomic E-state index is -4.52. The number of hydrogen-bond donors (Lipinski definition) is 0. The van der Waals surface area contributed by atoms with Gasteiger partial charge in [0.25, 0.3) is 7.82 Å². The third-order valence-electron chi connectivity index (χ3n) is 8.66. The van der Waals surface area contributed by atoms with Gasteiger partial charge in [0, 0.05) is 13.0 Å². The Morgan fingerprint density at radius 2 is 1.08 bits per heavy atom. The normalized spacial score (nSPS) is 14.2. The van der Waals surface area contributed by atoms with Crippen molar-refractivity contribution in [2.45, 2.75) is 174 Å². The summed E-state index contributed by atoms with van der Waals surface area (Å²) in [6, 6.07) is 0. The van der Waals surface area contributed by atoms with E-state index in [2.05, 4.69) is 50.3 Å². The topological polar surface area (TPSA) is 94.1 Å². The Morgan fingerprint density at radius 3 is 1.65 bits per heavy atom. The van der Waals surface area contributed by atoms with Gasteiger partial charge in [-0.3, -0.25) is 9.36 Å². The third-order valence-corrected chi connectivity index (χ3v) is 9.63. The molecular formula is C42H80NO7P. The van der Waals surface area contributed by atoms with E-state index >= 15 is 0 Å². The summed E-state index contributed by atoms with van der Waals surface area (Å²) in [5.74, 6) is -0.351. The van der Waals surface area contributed by atoms with E-state index in [1.807, 2.05) is 21.1 Å². The molecule has 0 N–H and O–H groups in total. The van der Waals surface area contributed by atoms with Crippen LogP contribution in [-0.2, 0) is 27.9 Å². The lowest BCUT2D eigenvalue weighted by atomic mass is 10.1. The summed E-state index contributed by atoms with van der Waals surface area (Å²) in [6.07, 6.45) is 40.0. The Labute approximate surface area is 315 Å². The first-order valence-electron chi connectivity index (χ1n) is 20.7. The highest BCUT2D eigenvalue weighted by atomic mass is 31.2. The summed E-state index contributed by atoms with van der Waals surface area (Å²) in [7, 11) is 1.34. The van der Waals surface area contributed by atoms with Crippen LogP contribution >= 0.6 is 7.82 Å². The highest BCUT2D eigenvalue weighted by Gasteiger charge is 2.20. The molecule has 0 aliphatic carbocycles. The summed E-state index contributed by atoms with van der Waals surface area (Å²) in [5.41, 5.74) is 0. The van der Waals surface area contributed by atoms with Crippen molar-refractivity contribution in [1.29, 1.82) is 0 Å². The lowest BCUT2D eigenvalue weighted by Crippen LogP contribution is -2.37. The molecule has 300 valence electrons. The fourth-order valence-corrected chi connectivity index (χ4v) is 6.12. The molecule has 0 amide bonds. The predicted molar refractivity (Wildman–Crippen MR) is 213 cm³/mol. The van der Waals surface area contributed by atoms with Crippen molar-refractivity contribution in [1.82, 2.24) is 0 Å². The van der Waals surface area contributed by atoms with Crippen LogP contribution in [0.1, 0.15) is 168 Å². The highest BCUT2D eigenvalue weighted by molar-refractivity contribution is 7.45. The number of allylic oxidation sites excluding steroid dienone is 6. The molecule has 0 radical (unpaired) electrons. The van der Waals surface area contributed by atoms with Crippen molar-refractivity contribution in [3.63, 3.8) is 0 Å². The van der Waals surface area contributed by atoms with E-state index in [1.165, 1.54) is 89.9 Å². The summed E-state index contributed by atoms with van der Waals surface area (Å²) in [6.45, 7) is 5.34. The number of quaternary nitrogens is 1. The third kappa shape index (κ3) is 39.8. The van der Waals surface area contributed by atoms with Crippen molar-refractivity contribution in [2.75, 3.05) is 54.1 Å². The average molecular weight is 742 g/mol. The number of carbonyl (C=O) groups excluding carboxylic acids is 1. The summed E-state index contributed by atoms with van der Waals surface area (Å²) in [4.78, 5) is 25.0. The summed E-state index contributed by atoms with van der Waals surface area (Å²) in [5, 5.41) is 0. The number of hydrogen-bond acceptors (Lipinski definition) is 7. The number of carbonyl (C=O) groups is 1. The van der Waals surface area contributed by atoms with E-state index in [0.29, 0.717) is 24.1 Å². The summed E-state index contributed by atoms with van der Waals surface area (Å²) >= 11 is 0. The number of likely N-dealkylation sites (N-methyl/N-ethyl adjacent to an activating group) is 1. The molecule has 0 aromatic rings. The number of rotatable bonds is 38. The molecule has 0 heterocycles. The molecule has 0 aliphatic heterocycles. The lowest BCUT2D eigenvalue weighted by Gasteiger charge is -2.28. The standard InChI is InChI=1S/C42H80NO7P/c1-6-8-10-12-14-16-18-20-21-22-23-25-27-29-31-33-35-42(44)50-41(40-49-51(45,46)48-38-36-43(3,4)5)39-47-37-34-32-30-28-26-24-19-17-15-13-11-9-7-2/h15-18,21-22,41H,6-14,19-20,23-40H2,1-5H3/b17-15-,18-16-,22-21-. The van der Waals surface area contributed by atoms with Gasteiger partial charge in [0.1, 0.15) is 19.3 Å². The Morgan fingerprint density at radius 1 is 0.608 bits per heavy atom. The quantitative estimate of drug-likeness (QED) is 0.0204. The van der Waals surface area contributed by atoms with Gasteiger partial charge in [0.05, 0.1) is 34.4 Å². The molecule has 2 unspecified atom stereocenters. The van der Waals surface area contributed by atoms with E-state index < -0.39 is 13.9 Å². The van der Waals surface area contributed by atoms with E-state index in [-0.39, 0.29) is 25.8 Å². The first kappa shape index (κ1) is 49.7. The number of ether oxygens (including phenoxy) is 2. The second kappa shape index (κ2) is 35.7. The second-order valence-electron chi connectivity index (χ2n) is 15.0. The fraction of sp³-hybridized carbons (Fsp3) is 0.833. The molecule has 0 aromatic carbocycles. The van der Waals surface area contributed by atoms with Crippen LogP contribution in [0, 0.1) is 0 Å². The van der Waals surface area contributed by atoms with Crippen molar-refractivity contribution in [3.05, 3.63) is 36.5 Å². The molecule has 0 aromatic heterocycles. The van der Waals surface area contributed by atoms with E-state index in [9.17, 15) is 14.3 Å². The van der Waals surface area contributed by atoms with Crippen LogP contribution in [0.25, 0.3) is 0 Å². The Kier molecular flexibility index (Phi) is 34.8. The van der Waals surface area contributed by atoms with Gasteiger partial charge in [0.15, 0.2) is 0 Å². The zero-order valence-corrected chi connectivity index (χ0v) is 34.7. The van der Waals surface area contributed by atoms with Crippen molar-refractivity contribution >= 4 is 13.8 Å². The number of phosphoric acid groups is 1. The zero-order valence-electron chi connectivity index (χ0n) is 33.8. The number of nitrogens with zero attached hydrogens (tertiary/aromatic N) is 1. The van der Waals surface area contributed by atoms with Crippen LogP contribution in [0.4, 0.5) is 0 Å². The SMILES string of the molecule is CCCCC/C=C\CCCCCCCCOCC(COP(=O)([O-])OCC[N+](C)(C)C)OC(=O)CCCCCCC/C=C\C/C=C\CCCCCC. The molecule has 0 saturated heterocycles. The maximum Gasteiger partial charge on any atom is 0.306 e. The van der Waals surface area contributed by atoms with Crippen LogP contribution in [0.2, 0.25) is 0 Å². The molecule has 0 aliphatic rings. The number of esters is 1. The largest absolute Gasteiger partial charge is 0.756 e. The minimum absolute atomic E-state index is 0.0217. The van der Waals surface area contributed by atoms with E-state index in [1.54, 1.807) is 0 Å². The average Bonchev–Trinajstić information content (AvgIpc) is 3.08. The van der Waals surface area contributed by atoms with Gasteiger partial charge in [-0.05, 0) is 70.6 Å². The van der Waals surface area contributed by atoms with E-state index in [4.69, 9.17) is 18.5 Å². The molecule has 0 saturated carbocycles. The van der Waals surface area contributed by atoms with Crippen LogP contribution in [-0.4, -0.2) is 70.7 Å². The molecule has 0 fully saturated rings. The van der Waals surface area contributed by atoms with Gasteiger partial charge in [-0.15, -0.1) is 0 Å². The fourth-order valence-electron chi connectivity index (χ4n) is 5.39. The molecule has 0 rings (SSSR count). The number of unbranched alkanes of at least 4 members (excludes halogenated alkanes) is 18. The van der Waals surface area contributed by atoms with Gasteiger partial charge < -0.3 is 27.9 Å². The Balaban J connectivity index is 4.31. The molecule has 0 spiro atoms. The Bertz CT molecular complexity index is 915. The van der Waals surface area contributed by atoms with Crippen LogP contribution in [0.5, 0.6) is 0 Å². The Hall–Kier alpha value is -1.28. The van der Waals surface area contributed by atoms with Gasteiger partial charge in [-0.2, -0.15) is 0 Å². The molecule has 51 heavy (non-hydrogen) atoms. The van der Waals surface area contributed by atoms with Crippen LogP contribution in [0.15, 0.2) is 36.5 Å². The van der Waals surface area contributed by atoms with Crippen molar-refractivity contribution in [3.8, 4) is 0 Å². The molecular weight excluding hydrogens is 661 g/mol. The lowest BCUT2D eigenvalue weighted by molar-refractivity contribution is -0.870. The van der Waals surface area contributed by atoms with Crippen molar-refractivity contribution in [2.24, 2.45) is 0 Å². The highest BCUT2D eigenvalue weighted by Crippen LogP contribution is 2.38. The predicted octanol–water partition coefficient (Wildman–Crippen LogP) is 11.2. The van der Waals surface area contributed by atoms with Crippen LogP contribution in [0.3, 0.4) is 0 Å². The van der Waals surface area contributed by atoms with Gasteiger partial charge in [0.2, 0.25) is 0 Å². The first-order valence-corrected chi connectivity index (χ1v) is 22.2. The van der Waals surface area contributed by atoms with Crippen LogP contribution < -0.4 is 4.89 Å². The van der Waals surface area contributed by atoms with Crippen molar-refractivity contribution < 1.29 is 37.3 Å². The maximum atomic E-state index is 12.6. The molecule has 2 atom stereocenters. The summed E-state index contributed by atoms with van der Waals surface area (Å²) < 4.78 is 34.5. The van der Waals surface area contributed by atoms with Gasteiger partial charge in [-0.1, -0.05) is 127 Å². The molecule has 0 bridgehead atoms. The smallest absolute Gasteiger partial charge is 0.306 e. The molecule has 8 nitrogen and oxygen atoms in total.